The molecule has 0 aromatic heterocycles. The van der Waals surface area contributed by atoms with Crippen molar-refractivity contribution in [2.45, 2.75) is 12.3 Å². The van der Waals surface area contributed by atoms with E-state index in [1.165, 1.54) is 28.4 Å². The Kier molecular flexibility index (Phi) is 6.02. The molecule has 7 heteroatoms. The van der Waals surface area contributed by atoms with Crippen molar-refractivity contribution in [1.29, 1.82) is 0 Å². The smallest absolute Gasteiger partial charge is 0.325 e. The number of esters is 3. The van der Waals surface area contributed by atoms with Crippen molar-refractivity contribution in [2.75, 3.05) is 28.4 Å². The van der Waals surface area contributed by atoms with Gasteiger partial charge in [0.15, 0.2) is 5.41 Å². The van der Waals surface area contributed by atoms with Crippen LogP contribution in [0, 0.1) is 11.3 Å². The van der Waals surface area contributed by atoms with Gasteiger partial charge >= 0.3 is 17.9 Å². The first kappa shape index (κ1) is 19.5. The molecule has 7 nitrogen and oxygen atoms in total. The van der Waals surface area contributed by atoms with E-state index in [0.717, 1.165) is 0 Å². The molecular formula is C19H22O7. The Balaban J connectivity index is 2.70. The molecule has 0 heterocycles. The van der Waals surface area contributed by atoms with E-state index in [-0.39, 0.29) is 6.42 Å². The number of rotatable bonds is 5. The van der Waals surface area contributed by atoms with E-state index in [0.29, 0.717) is 11.3 Å². The highest BCUT2D eigenvalue weighted by molar-refractivity contribution is 6.05. The van der Waals surface area contributed by atoms with E-state index < -0.39 is 35.2 Å². The highest BCUT2D eigenvalue weighted by Crippen LogP contribution is 2.50. The molecule has 2 rings (SSSR count). The summed E-state index contributed by atoms with van der Waals surface area (Å²) in [6.07, 6.45) is 3.62. The quantitative estimate of drug-likeness (QED) is 0.342. The number of benzene rings is 1. The minimum absolute atomic E-state index is 0.156. The van der Waals surface area contributed by atoms with Crippen LogP contribution in [0.4, 0.5) is 0 Å². The third-order valence-electron chi connectivity index (χ3n) is 4.75. The minimum Gasteiger partial charge on any atom is -0.497 e. The molecule has 1 aromatic carbocycles. The van der Waals surface area contributed by atoms with Crippen molar-refractivity contribution < 1.29 is 33.3 Å². The van der Waals surface area contributed by atoms with Gasteiger partial charge in [0.05, 0.1) is 34.4 Å². The fourth-order valence-electron chi connectivity index (χ4n) is 3.47. The summed E-state index contributed by atoms with van der Waals surface area (Å²) < 4.78 is 19.9. The van der Waals surface area contributed by atoms with Gasteiger partial charge in [0, 0.05) is 5.92 Å². The number of methoxy groups -OCH3 is 4. The van der Waals surface area contributed by atoms with E-state index in [9.17, 15) is 14.4 Å². The summed E-state index contributed by atoms with van der Waals surface area (Å²) in [5, 5.41) is 0. The van der Waals surface area contributed by atoms with Gasteiger partial charge < -0.3 is 18.9 Å². The molecule has 140 valence electrons. The maximum atomic E-state index is 12.8. The van der Waals surface area contributed by atoms with Crippen LogP contribution in [0.2, 0.25) is 0 Å². The lowest BCUT2D eigenvalue weighted by Crippen LogP contribution is -2.54. The standard InChI is InChI=1S/C19H22O7/c1-23-13-10-8-12(9-11-13)14-6-5-7-15(16(20)24-2)19(14,17(21)25-3)18(22)26-4/h5-6,8-11,14-15H,7H2,1-4H3/t14-,15+/m0/s1. The summed E-state index contributed by atoms with van der Waals surface area (Å²) in [6, 6.07) is 6.89. The maximum absolute atomic E-state index is 12.8. The minimum atomic E-state index is -1.88. The fourth-order valence-corrected chi connectivity index (χ4v) is 3.47. The number of allylic oxidation sites excluding steroid dienone is 2. The summed E-state index contributed by atoms with van der Waals surface area (Å²) >= 11 is 0. The number of carbonyl (C=O) groups excluding carboxylic acids is 3. The molecule has 0 amide bonds. The van der Waals surface area contributed by atoms with Crippen LogP contribution in [0.3, 0.4) is 0 Å². The van der Waals surface area contributed by atoms with Gasteiger partial charge in [-0.25, -0.2) is 0 Å². The molecule has 0 bridgehead atoms. The summed E-state index contributed by atoms with van der Waals surface area (Å²) in [6.45, 7) is 0. The number of hydrogen-bond acceptors (Lipinski definition) is 7. The van der Waals surface area contributed by atoms with Gasteiger partial charge in [-0.05, 0) is 24.1 Å². The zero-order valence-electron chi connectivity index (χ0n) is 15.2. The van der Waals surface area contributed by atoms with Gasteiger partial charge in [-0.2, -0.15) is 0 Å². The number of ether oxygens (including phenoxy) is 4. The molecule has 0 fully saturated rings. The van der Waals surface area contributed by atoms with Crippen LogP contribution in [0.15, 0.2) is 36.4 Å². The summed E-state index contributed by atoms with van der Waals surface area (Å²) in [7, 11) is 5.09. The molecule has 0 saturated carbocycles. The molecule has 1 aromatic rings. The van der Waals surface area contributed by atoms with E-state index in [1.807, 2.05) is 0 Å². The van der Waals surface area contributed by atoms with Gasteiger partial charge in [0.1, 0.15) is 5.75 Å². The van der Waals surface area contributed by atoms with E-state index in [1.54, 1.807) is 36.4 Å². The first-order valence-electron chi connectivity index (χ1n) is 8.02. The Morgan fingerprint density at radius 3 is 1.96 bits per heavy atom. The lowest BCUT2D eigenvalue weighted by molar-refractivity contribution is -0.182. The molecule has 0 aliphatic heterocycles. The Labute approximate surface area is 151 Å². The second-order valence-corrected chi connectivity index (χ2v) is 5.84. The topological polar surface area (TPSA) is 88.1 Å². The molecule has 26 heavy (non-hydrogen) atoms. The van der Waals surface area contributed by atoms with Crippen LogP contribution in [-0.2, 0) is 28.6 Å². The van der Waals surface area contributed by atoms with Gasteiger partial charge in [0.2, 0.25) is 0 Å². The fraction of sp³-hybridized carbons (Fsp3) is 0.421. The van der Waals surface area contributed by atoms with Crippen molar-refractivity contribution in [3.05, 3.63) is 42.0 Å². The average molecular weight is 362 g/mol. The molecule has 0 unspecified atom stereocenters. The van der Waals surface area contributed by atoms with Gasteiger partial charge in [-0.15, -0.1) is 0 Å². The van der Waals surface area contributed by atoms with Crippen molar-refractivity contribution in [1.82, 2.24) is 0 Å². The monoisotopic (exact) mass is 362 g/mol. The maximum Gasteiger partial charge on any atom is 0.325 e. The van der Waals surface area contributed by atoms with Crippen LogP contribution in [-0.4, -0.2) is 46.3 Å². The zero-order chi connectivity index (χ0) is 19.3. The molecule has 0 saturated heterocycles. The first-order chi connectivity index (χ1) is 12.5. The molecule has 0 spiro atoms. The highest BCUT2D eigenvalue weighted by atomic mass is 16.6. The molecule has 0 radical (unpaired) electrons. The Bertz CT molecular complexity index is 689. The van der Waals surface area contributed by atoms with Crippen molar-refractivity contribution in [3.8, 4) is 5.75 Å². The second-order valence-electron chi connectivity index (χ2n) is 5.84. The highest BCUT2D eigenvalue weighted by Gasteiger charge is 2.63. The van der Waals surface area contributed by atoms with Gasteiger partial charge in [0.25, 0.3) is 0 Å². The van der Waals surface area contributed by atoms with Crippen LogP contribution in [0.5, 0.6) is 5.75 Å². The normalized spacial score (nSPS) is 20.8. The van der Waals surface area contributed by atoms with Crippen molar-refractivity contribution >= 4 is 17.9 Å². The van der Waals surface area contributed by atoms with Crippen molar-refractivity contribution in [3.63, 3.8) is 0 Å². The summed E-state index contributed by atoms with van der Waals surface area (Å²) in [5.74, 6) is -3.56. The molecule has 1 aliphatic carbocycles. The Morgan fingerprint density at radius 1 is 0.923 bits per heavy atom. The van der Waals surface area contributed by atoms with E-state index in [2.05, 4.69) is 0 Å². The lowest BCUT2D eigenvalue weighted by atomic mass is 9.60. The Hall–Kier alpha value is -2.83. The molecule has 0 N–H and O–H groups in total. The number of hydrogen-bond donors (Lipinski definition) is 0. The van der Waals surface area contributed by atoms with Gasteiger partial charge in [-0.1, -0.05) is 24.3 Å². The third kappa shape index (κ3) is 3.05. The van der Waals surface area contributed by atoms with Crippen LogP contribution in [0.1, 0.15) is 17.9 Å². The van der Waals surface area contributed by atoms with Crippen LogP contribution in [0.25, 0.3) is 0 Å². The van der Waals surface area contributed by atoms with E-state index in [4.69, 9.17) is 18.9 Å². The Morgan fingerprint density at radius 2 is 1.50 bits per heavy atom. The van der Waals surface area contributed by atoms with Crippen LogP contribution >= 0.6 is 0 Å². The second kappa shape index (κ2) is 8.03. The van der Waals surface area contributed by atoms with E-state index >= 15 is 0 Å². The number of carbonyl (C=O) groups is 3. The lowest BCUT2D eigenvalue weighted by Gasteiger charge is -2.41. The first-order valence-corrected chi connectivity index (χ1v) is 8.02. The summed E-state index contributed by atoms with van der Waals surface area (Å²) in [5.41, 5.74) is -1.23. The third-order valence-corrected chi connectivity index (χ3v) is 4.75. The largest absolute Gasteiger partial charge is 0.497 e. The summed E-state index contributed by atoms with van der Waals surface area (Å²) in [4.78, 5) is 38.1. The molecule has 2 atom stereocenters. The molecule has 1 aliphatic rings. The SMILES string of the molecule is COC(=O)[C@H]1CC=C[C@@H](c2ccc(OC)cc2)C1(C(=O)OC)C(=O)OC. The predicted octanol–water partition coefficient (Wildman–Crippen LogP) is 1.86. The predicted molar refractivity (Wildman–Crippen MR) is 91.5 cm³/mol. The zero-order valence-corrected chi connectivity index (χ0v) is 15.2. The van der Waals surface area contributed by atoms with Crippen molar-refractivity contribution in [2.24, 2.45) is 11.3 Å². The molecular weight excluding hydrogens is 340 g/mol. The average Bonchev–Trinajstić information content (AvgIpc) is 2.71. The van der Waals surface area contributed by atoms with Gasteiger partial charge in [-0.3, -0.25) is 14.4 Å². The van der Waals surface area contributed by atoms with Crippen LogP contribution < -0.4 is 4.74 Å².